The highest BCUT2D eigenvalue weighted by Crippen LogP contribution is 2.46. The molecule has 0 spiro atoms. The van der Waals surface area contributed by atoms with E-state index in [1.807, 2.05) is 55.6 Å². The molecule has 1 aliphatic rings. The number of hydrogen-bond donors (Lipinski definition) is 2. The first-order valence-corrected chi connectivity index (χ1v) is 9.42. The van der Waals surface area contributed by atoms with Crippen molar-refractivity contribution < 1.29 is 9.47 Å². The van der Waals surface area contributed by atoms with Crippen molar-refractivity contribution in [2.45, 2.75) is 25.9 Å². The van der Waals surface area contributed by atoms with Gasteiger partial charge in [-0.1, -0.05) is 18.2 Å². The van der Waals surface area contributed by atoms with Crippen LogP contribution in [0, 0.1) is 11.3 Å². The summed E-state index contributed by atoms with van der Waals surface area (Å²) in [5, 5.41) is 19.0. The van der Waals surface area contributed by atoms with Crippen molar-refractivity contribution >= 4 is 11.3 Å². The van der Waals surface area contributed by atoms with Crippen molar-refractivity contribution in [1.82, 2.24) is 10.2 Å². The van der Waals surface area contributed by atoms with Gasteiger partial charge in [-0.15, -0.1) is 16.4 Å². The molecule has 3 aromatic rings. The minimum atomic E-state index is -0.359. The van der Waals surface area contributed by atoms with E-state index in [0.717, 1.165) is 27.4 Å². The first kappa shape index (κ1) is 17.2. The van der Waals surface area contributed by atoms with Gasteiger partial charge < -0.3 is 15.2 Å². The number of nitrogens with zero attached hydrogens (tertiary/aromatic N) is 2. The highest BCUT2D eigenvalue weighted by molar-refractivity contribution is 7.13. The van der Waals surface area contributed by atoms with E-state index in [4.69, 9.17) is 15.2 Å². The van der Waals surface area contributed by atoms with Gasteiger partial charge in [0, 0.05) is 0 Å². The molecule has 1 aliphatic heterocycles. The highest BCUT2D eigenvalue weighted by atomic mass is 32.1. The molecule has 3 heterocycles. The van der Waals surface area contributed by atoms with E-state index in [1.165, 1.54) is 0 Å². The standard InChI is InChI=1S/C20H18N4O2S/c1-11(2)25-13-7-5-12(6-8-13)16-14(10-21)19(22)26-20-17(16)18(23-24-20)15-4-3-9-27-15/h3-9,11,16H,22H2,1-2H3,(H,23,24). The fourth-order valence-corrected chi connectivity index (χ4v) is 3.93. The molecule has 2 aromatic heterocycles. The molecule has 0 amide bonds. The minimum Gasteiger partial charge on any atom is -0.491 e. The molecular formula is C20H18N4O2S. The molecule has 6 nitrogen and oxygen atoms in total. The summed E-state index contributed by atoms with van der Waals surface area (Å²) in [5.74, 6) is 0.911. The first-order valence-electron chi connectivity index (χ1n) is 8.54. The fourth-order valence-electron chi connectivity index (χ4n) is 3.20. The summed E-state index contributed by atoms with van der Waals surface area (Å²) in [4.78, 5) is 1.02. The molecule has 1 aromatic carbocycles. The molecule has 0 saturated heterocycles. The van der Waals surface area contributed by atoms with Gasteiger partial charge in [-0.05, 0) is 43.0 Å². The van der Waals surface area contributed by atoms with Crippen LogP contribution in [0.4, 0.5) is 0 Å². The number of thiophene rings is 1. The zero-order chi connectivity index (χ0) is 19.0. The van der Waals surface area contributed by atoms with Gasteiger partial charge in [0.25, 0.3) is 0 Å². The number of rotatable bonds is 4. The number of fused-ring (bicyclic) bond motifs is 1. The molecule has 4 rings (SSSR count). The second-order valence-electron chi connectivity index (χ2n) is 6.46. The number of nitrogens with two attached hydrogens (primary N) is 1. The second kappa shape index (κ2) is 6.82. The molecule has 3 N–H and O–H groups in total. The van der Waals surface area contributed by atoms with E-state index in [2.05, 4.69) is 16.3 Å². The zero-order valence-corrected chi connectivity index (χ0v) is 15.7. The number of nitrogens with one attached hydrogen (secondary N) is 1. The monoisotopic (exact) mass is 378 g/mol. The molecule has 0 radical (unpaired) electrons. The molecule has 0 fully saturated rings. The fraction of sp³-hybridized carbons (Fsp3) is 0.200. The quantitative estimate of drug-likeness (QED) is 0.711. The maximum atomic E-state index is 9.73. The number of allylic oxidation sites excluding steroid dienone is 1. The summed E-state index contributed by atoms with van der Waals surface area (Å²) < 4.78 is 11.3. The van der Waals surface area contributed by atoms with Gasteiger partial charge in [0.15, 0.2) is 0 Å². The normalized spacial score (nSPS) is 16.0. The van der Waals surface area contributed by atoms with Crippen LogP contribution < -0.4 is 15.2 Å². The van der Waals surface area contributed by atoms with Gasteiger partial charge in [0.2, 0.25) is 11.8 Å². The van der Waals surface area contributed by atoms with E-state index in [9.17, 15) is 5.26 Å². The number of nitriles is 1. The second-order valence-corrected chi connectivity index (χ2v) is 7.40. The predicted molar refractivity (Wildman–Crippen MR) is 103 cm³/mol. The Balaban J connectivity index is 1.84. The van der Waals surface area contributed by atoms with Crippen molar-refractivity contribution in [3.8, 4) is 28.3 Å². The van der Waals surface area contributed by atoms with Gasteiger partial charge in [-0.2, -0.15) is 5.26 Å². The van der Waals surface area contributed by atoms with E-state index < -0.39 is 0 Å². The third-order valence-corrected chi connectivity index (χ3v) is 5.18. The third kappa shape index (κ3) is 3.04. The van der Waals surface area contributed by atoms with E-state index in [0.29, 0.717) is 11.5 Å². The Kier molecular flexibility index (Phi) is 4.34. The van der Waals surface area contributed by atoms with Crippen molar-refractivity contribution in [3.05, 3.63) is 64.4 Å². The van der Waals surface area contributed by atoms with Crippen molar-refractivity contribution in [3.63, 3.8) is 0 Å². The van der Waals surface area contributed by atoms with E-state index >= 15 is 0 Å². The molecule has 7 heteroatoms. The summed E-state index contributed by atoms with van der Waals surface area (Å²) >= 11 is 1.59. The summed E-state index contributed by atoms with van der Waals surface area (Å²) in [5.41, 5.74) is 8.98. The number of benzene rings is 1. The number of ether oxygens (including phenoxy) is 2. The average Bonchev–Trinajstić information content (AvgIpc) is 3.30. The minimum absolute atomic E-state index is 0.0849. The number of aromatic nitrogens is 2. The van der Waals surface area contributed by atoms with E-state index in [1.54, 1.807) is 11.3 Å². The SMILES string of the molecule is CC(C)Oc1ccc(C2C(C#N)=C(N)Oc3n[nH]c(-c4cccs4)c32)cc1. The largest absolute Gasteiger partial charge is 0.491 e. The number of aromatic amines is 1. The highest BCUT2D eigenvalue weighted by Gasteiger charge is 2.35. The lowest BCUT2D eigenvalue weighted by Gasteiger charge is -2.24. The Hall–Kier alpha value is -3.24. The van der Waals surface area contributed by atoms with Crippen LogP contribution in [-0.2, 0) is 0 Å². The summed E-state index contributed by atoms with van der Waals surface area (Å²) in [6.45, 7) is 3.96. The van der Waals surface area contributed by atoms with Crippen LogP contribution in [0.15, 0.2) is 53.2 Å². The predicted octanol–water partition coefficient (Wildman–Crippen LogP) is 4.14. The third-order valence-electron chi connectivity index (χ3n) is 4.29. The van der Waals surface area contributed by atoms with Crippen LogP contribution in [0.5, 0.6) is 11.6 Å². The van der Waals surface area contributed by atoms with Crippen LogP contribution in [0.3, 0.4) is 0 Å². The lowest BCUT2D eigenvalue weighted by molar-refractivity contribution is 0.242. The Morgan fingerprint density at radius 3 is 2.70 bits per heavy atom. The Morgan fingerprint density at radius 2 is 2.07 bits per heavy atom. The van der Waals surface area contributed by atoms with Gasteiger partial charge >= 0.3 is 0 Å². The molecule has 136 valence electrons. The van der Waals surface area contributed by atoms with Gasteiger partial charge in [-0.3, -0.25) is 5.10 Å². The van der Waals surface area contributed by atoms with E-state index in [-0.39, 0.29) is 17.9 Å². The number of H-pyrrole nitrogens is 1. The van der Waals surface area contributed by atoms with Gasteiger partial charge in [0.1, 0.15) is 17.4 Å². The van der Waals surface area contributed by atoms with Crippen LogP contribution >= 0.6 is 11.3 Å². The van der Waals surface area contributed by atoms with Crippen molar-refractivity contribution in [1.29, 1.82) is 5.26 Å². The lowest BCUT2D eigenvalue weighted by Crippen LogP contribution is -2.20. The maximum Gasteiger partial charge on any atom is 0.244 e. The van der Waals surface area contributed by atoms with Gasteiger partial charge in [-0.25, -0.2) is 0 Å². The molecule has 0 saturated carbocycles. The van der Waals surface area contributed by atoms with Crippen LogP contribution in [-0.4, -0.2) is 16.3 Å². The van der Waals surface area contributed by atoms with Crippen LogP contribution in [0.2, 0.25) is 0 Å². The smallest absolute Gasteiger partial charge is 0.244 e. The molecule has 0 aliphatic carbocycles. The molecular weight excluding hydrogens is 360 g/mol. The summed E-state index contributed by atoms with van der Waals surface area (Å²) in [7, 11) is 0. The summed E-state index contributed by atoms with van der Waals surface area (Å²) in [6.07, 6.45) is 0.0926. The van der Waals surface area contributed by atoms with Crippen LogP contribution in [0.1, 0.15) is 30.9 Å². The molecule has 27 heavy (non-hydrogen) atoms. The maximum absolute atomic E-state index is 9.73. The zero-order valence-electron chi connectivity index (χ0n) is 14.9. The van der Waals surface area contributed by atoms with Crippen molar-refractivity contribution in [2.24, 2.45) is 5.73 Å². The van der Waals surface area contributed by atoms with Crippen molar-refractivity contribution in [2.75, 3.05) is 0 Å². The molecule has 1 atom stereocenters. The average molecular weight is 378 g/mol. The molecule has 0 bridgehead atoms. The lowest BCUT2D eigenvalue weighted by atomic mass is 9.84. The molecule has 1 unspecified atom stereocenters. The topological polar surface area (TPSA) is 96.9 Å². The van der Waals surface area contributed by atoms with Gasteiger partial charge in [0.05, 0.1) is 28.2 Å². The first-order chi connectivity index (χ1) is 13.1. The Bertz CT molecular complexity index is 1030. The Labute approximate surface area is 160 Å². The summed E-state index contributed by atoms with van der Waals surface area (Å²) in [6, 6.07) is 13.9. The Morgan fingerprint density at radius 1 is 1.30 bits per heavy atom. The number of hydrogen-bond acceptors (Lipinski definition) is 6. The van der Waals surface area contributed by atoms with Crippen LogP contribution in [0.25, 0.3) is 10.6 Å².